The standard InChI is InChI=1S/C20H18F5N5O2/c1-2-3-16(31)27-18-28-17(12-4-6-13(26)7-5-12)29-30(18)14-8-10-15(11-9-14)32-20(24,25)19(21,22)23/h4-11H,2-3,26H2,1H3,(H,27,28,29,31). The highest BCUT2D eigenvalue weighted by Gasteiger charge is 2.61. The summed E-state index contributed by atoms with van der Waals surface area (Å²) >= 11 is 0. The average molecular weight is 455 g/mol. The van der Waals surface area contributed by atoms with E-state index in [2.05, 4.69) is 20.1 Å². The monoisotopic (exact) mass is 455 g/mol. The number of rotatable bonds is 7. The van der Waals surface area contributed by atoms with Crippen LogP contribution in [0.1, 0.15) is 19.8 Å². The van der Waals surface area contributed by atoms with E-state index in [1.165, 1.54) is 16.8 Å². The van der Waals surface area contributed by atoms with Gasteiger partial charge in [-0.25, -0.2) is 0 Å². The van der Waals surface area contributed by atoms with Gasteiger partial charge in [0.2, 0.25) is 11.9 Å². The topological polar surface area (TPSA) is 95.1 Å². The highest BCUT2D eigenvalue weighted by atomic mass is 19.4. The molecule has 2 aromatic carbocycles. The molecule has 0 aliphatic heterocycles. The number of alkyl halides is 5. The quantitative estimate of drug-likeness (QED) is 0.395. The van der Waals surface area contributed by atoms with E-state index >= 15 is 0 Å². The van der Waals surface area contributed by atoms with Crippen LogP contribution < -0.4 is 15.8 Å². The molecule has 1 aromatic heterocycles. The van der Waals surface area contributed by atoms with Crippen LogP contribution in [0.2, 0.25) is 0 Å². The van der Waals surface area contributed by atoms with E-state index in [0.29, 0.717) is 17.7 Å². The van der Waals surface area contributed by atoms with E-state index in [9.17, 15) is 26.7 Å². The van der Waals surface area contributed by atoms with E-state index in [4.69, 9.17) is 5.73 Å². The Morgan fingerprint density at radius 2 is 1.69 bits per heavy atom. The number of nitrogens with one attached hydrogen (secondary N) is 1. The minimum absolute atomic E-state index is 0.0459. The molecule has 1 amide bonds. The Kier molecular flexibility index (Phi) is 6.32. The summed E-state index contributed by atoms with van der Waals surface area (Å²) in [4.78, 5) is 16.4. The van der Waals surface area contributed by atoms with Crippen LogP contribution in [-0.4, -0.2) is 33.0 Å². The van der Waals surface area contributed by atoms with Crippen molar-refractivity contribution in [1.82, 2.24) is 14.8 Å². The van der Waals surface area contributed by atoms with E-state index < -0.39 is 18.0 Å². The number of carbonyl (C=O) groups excluding carboxylic acids is 1. The van der Waals surface area contributed by atoms with Crippen molar-refractivity contribution < 1.29 is 31.5 Å². The molecule has 0 atom stereocenters. The summed E-state index contributed by atoms with van der Waals surface area (Å²) in [5.74, 6) is -0.744. The summed E-state index contributed by atoms with van der Waals surface area (Å²) in [6.07, 6.45) is -10.4. The van der Waals surface area contributed by atoms with Gasteiger partial charge in [-0.3, -0.25) is 10.1 Å². The molecule has 0 spiro atoms. The van der Waals surface area contributed by atoms with Gasteiger partial charge in [-0.2, -0.15) is 31.6 Å². The first-order valence-electron chi connectivity index (χ1n) is 9.37. The molecule has 0 unspecified atom stereocenters. The minimum atomic E-state index is -5.86. The van der Waals surface area contributed by atoms with Crippen LogP contribution in [0.5, 0.6) is 5.75 Å². The van der Waals surface area contributed by atoms with Gasteiger partial charge < -0.3 is 10.5 Å². The van der Waals surface area contributed by atoms with Gasteiger partial charge in [-0.05, 0) is 55.0 Å². The van der Waals surface area contributed by atoms with Crippen molar-refractivity contribution in [3.8, 4) is 22.8 Å². The number of nitrogen functional groups attached to an aromatic ring is 1. The van der Waals surface area contributed by atoms with Crippen molar-refractivity contribution in [2.45, 2.75) is 32.1 Å². The molecule has 0 aliphatic carbocycles. The number of amides is 1. The van der Waals surface area contributed by atoms with E-state index in [1.807, 2.05) is 6.92 Å². The first kappa shape index (κ1) is 23.0. The molecule has 3 N–H and O–H groups in total. The Bertz CT molecular complexity index is 1080. The molecule has 7 nitrogen and oxygen atoms in total. The van der Waals surface area contributed by atoms with Crippen LogP contribution in [0.3, 0.4) is 0 Å². The maximum Gasteiger partial charge on any atom is 0.499 e. The van der Waals surface area contributed by atoms with Gasteiger partial charge in [0.15, 0.2) is 5.82 Å². The number of aromatic nitrogens is 3. The molecule has 1 heterocycles. The third-order valence-corrected chi connectivity index (χ3v) is 4.16. The number of ether oxygens (including phenoxy) is 1. The van der Waals surface area contributed by atoms with Crippen LogP contribution in [-0.2, 0) is 4.79 Å². The summed E-state index contributed by atoms with van der Waals surface area (Å²) in [5, 5.41) is 6.93. The van der Waals surface area contributed by atoms with Crippen molar-refractivity contribution in [3.05, 3.63) is 48.5 Å². The van der Waals surface area contributed by atoms with Gasteiger partial charge in [0, 0.05) is 17.7 Å². The second kappa shape index (κ2) is 8.81. The van der Waals surface area contributed by atoms with Crippen molar-refractivity contribution in [2.75, 3.05) is 11.1 Å². The van der Waals surface area contributed by atoms with Crippen LogP contribution in [0.4, 0.5) is 33.6 Å². The highest BCUT2D eigenvalue weighted by Crippen LogP contribution is 2.37. The first-order chi connectivity index (χ1) is 15.0. The van der Waals surface area contributed by atoms with Crippen LogP contribution in [0, 0.1) is 0 Å². The highest BCUT2D eigenvalue weighted by molar-refractivity contribution is 5.89. The molecule has 32 heavy (non-hydrogen) atoms. The maximum absolute atomic E-state index is 13.1. The number of hydrogen-bond donors (Lipinski definition) is 2. The van der Waals surface area contributed by atoms with Gasteiger partial charge >= 0.3 is 12.3 Å². The largest absolute Gasteiger partial charge is 0.499 e. The normalized spacial score (nSPS) is 11.9. The van der Waals surface area contributed by atoms with Gasteiger partial charge in [-0.1, -0.05) is 6.92 Å². The molecule has 3 rings (SSSR count). The van der Waals surface area contributed by atoms with E-state index in [1.54, 1.807) is 24.3 Å². The minimum Gasteiger partial charge on any atom is -0.426 e. The predicted octanol–water partition coefficient (Wildman–Crippen LogP) is 4.79. The molecule has 0 saturated heterocycles. The fourth-order valence-corrected chi connectivity index (χ4v) is 2.60. The zero-order chi connectivity index (χ0) is 23.5. The Balaban J connectivity index is 1.94. The van der Waals surface area contributed by atoms with Gasteiger partial charge in [0.1, 0.15) is 5.75 Å². The maximum atomic E-state index is 13.1. The van der Waals surface area contributed by atoms with Gasteiger partial charge in [0.25, 0.3) is 0 Å². The second-order valence-corrected chi connectivity index (χ2v) is 6.70. The van der Waals surface area contributed by atoms with Crippen molar-refractivity contribution in [2.24, 2.45) is 0 Å². The number of nitrogens with zero attached hydrogens (tertiary/aromatic N) is 3. The molecule has 170 valence electrons. The lowest BCUT2D eigenvalue weighted by atomic mass is 10.2. The fraction of sp³-hybridized carbons (Fsp3) is 0.250. The molecule has 0 fully saturated rings. The number of anilines is 2. The second-order valence-electron chi connectivity index (χ2n) is 6.70. The SMILES string of the molecule is CCCC(=O)Nc1nc(-c2ccc(N)cc2)nn1-c1ccc(OC(F)(F)C(F)(F)F)cc1. The predicted molar refractivity (Wildman–Crippen MR) is 106 cm³/mol. The number of nitrogens with two attached hydrogens (primary N) is 1. The molecular weight excluding hydrogens is 437 g/mol. The fourth-order valence-electron chi connectivity index (χ4n) is 2.60. The summed E-state index contributed by atoms with van der Waals surface area (Å²) in [6, 6.07) is 10.9. The van der Waals surface area contributed by atoms with E-state index in [0.717, 1.165) is 12.1 Å². The lowest BCUT2D eigenvalue weighted by molar-refractivity contribution is -0.360. The van der Waals surface area contributed by atoms with Crippen LogP contribution in [0.15, 0.2) is 48.5 Å². The number of halogens is 5. The van der Waals surface area contributed by atoms with Crippen molar-refractivity contribution in [3.63, 3.8) is 0 Å². The molecule has 0 bridgehead atoms. The first-order valence-corrected chi connectivity index (χ1v) is 9.37. The Hall–Kier alpha value is -3.70. The summed E-state index contributed by atoms with van der Waals surface area (Å²) < 4.78 is 68.3. The Labute approximate surface area is 179 Å². The summed E-state index contributed by atoms with van der Waals surface area (Å²) in [7, 11) is 0. The molecule has 3 aromatic rings. The Morgan fingerprint density at radius 1 is 1.06 bits per heavy atom. The summed E-state index contributed by atoms with van der Waals surface area (Å²) in [6.45, 7) is 1.82. The third-order valence-electron chi connectivity index (χ3n) is 4.16. The van der Waals surface area contributed by atoms with Crippen LogP contribution >= 0.6 is 0 Å². The lowest BCUT2D eigenvalue weighted by Gasteiger charge is -2.20. The number of benzene rings is 2. The van der Waals surface area contributed by atoms with Gasteiger partial charge in [-0.15, -0.1) is 5.10 Å². The molecular formula is C20H18F5N5O2. The molecule has 0 aliphatic rings. The average Bonchev–Trinajstić information content (AvgIpc) is 3.11. The Morgan fingerprint density at radius 3 is 2.25 bits per heavy atom. The number of hydrogen-bond acceptors (Lipinski definition) is 5. The molecule has 12 heteroatoms. The van der Waals surface area contributed by atoms with Gasteiger partial charge in [0.05, 0.1) is 5.69 Å². The zero-order valence-corrected chi connectivity index (χ0v) is 16.7. The summed E-state index contributed by atoms with van der Waals surface area (Å²) in [5.41, 5.74) is 7.04. The van der Waals surface area contributed by atoms with Crippen LogP contribution in [0.25, 0.3) is 17.1 Å². The lowest BCUT2D eigenvalue weighted by Crippen LogP contribution is -2.41. The van der Waals surface area contributed by atoms with E-state index in [-0.39, 0.29) is 29.8 Å². The third kappa shape index (κ3) is 5.13. The smallest absolute Gasteiger partial charge is 0.426 e. The van der Waals surface area contributed by atoms with Crippen molar-refractivity contribution >= 4 is 17.5 Å². The van der Waals surface area contributed by atoms with Crippen molar-refractivity contribution in [1.29, 1.82) is 0 Å². The molecule has 0 radical (unpaired) electrons. The molecule has 0 saturated carbocycles. The zero-order valence-electron chi connectivity index (χ0n) is 16.7. The number of carbonyl (C=O) groups is 1.